The first-order chi connectivity index (χ1) is 10.5. The van der Waals surface area contributed by atoms with Crippen molar-refractivity contribution in [1.29, 1.82) is 0 Å². The first-order valence-corrected chi connectivity index (χ1v) is 7.29. The molecule has 0 saturated heterocycles. The lowest BCUT2D eigenvalue weighted by atomic mass is 10.0. The van der Waals surface area contributed by atoms with Crippen molar-refractivity contribution in [1.82, 2.24) is 0 Å². The van der Waals surface area contributed by atoms with E-state index in [1.54, 1.807) is 12.1 Å². The molecule has 0 fully saturated rings. The summed E-state index contributed by atoms with van der Waals surface area (Å²) in [6.45, 7) is 3.36. The van der Waals surface area contributed by atoms with E-state index in [-0.39, 0.29) is 11.8 Å². The number of benzene rings is 2. The zero-order valence-corrected chi connectivity index (χ0v) is 13.0. The number of amides is 2. The van der Waals surface area contributed by atoms with Gasteiger partial charge in [-0.2, -0.15) is 0 Å². The van der Waals surface area contributed by atoms with Gasteiger partial charge in [0.25, 0.3) is 5.91 Å². The molecule has 0 aliphatic carbocycles. The van der Waals surface area contributed by atoms with Crippen LogP contribution < -0.4 is 4.90 Å². The van der Waals surface area contributed by atoms with Crippen LogP contribution in [0.15, 0.2) is 48.5 Å². The van der Waals surface area contributed by atoms with Gasteiger partial charge in [-0.15, -0.1) is 0 Å². The van der Waals surface area contributed by atoms with Gasteiger partial charge >= 0.3 is 0 Å². The summed E-state index contributed by atoms with van der Waals surface area (Å²) in [6.07, 6.45) is 0. The molecular formula is C18H14ClNO2. The van der Waals surface area contributed by atoms with Crippen molar-refractivity contribution < 1.29 is 9.59 Å². The van der Waals surface area contributed by atoms with Crippen LogP contribution in [0.3, 0.4) is 0 Å². The minimum atomic E-state index is -0.376. The SMILES string of the molecule is CC(=O)N1C(=O)C(=C(Cl)c2ccc(C)cc2)c2ccccc21. The zero-order valence-electron chi connectivity index (χ0n) is 12.3. The van der Waals surface area contributed by atoms with Crippen molar-refractivity contribution in [2.24, 2.45) is 0 Å². The Balaban J connectivity index is 2.22. The van der Waals surface area contributed by atoms with Crippen molar-refractivity contribution in [3.8, 4) is 0 Å². The summed E-state index contributed by atoms with van der Waals surface area (Å²) in [5.41, 5.74) is 3.52. The van der Waals surface area contributed by atoms with Crippen LogP contribution in [-0.4, -0.2) is 11.8 Å². The van der Waals surface area contributed by atoms with E-state index >= 15 is 0 Å². The van der Waals surface area contributed by atoms with E-state index in [0.29, 0.717) is 21.9 Å². The number of carbonyl (C=O) groups excluding carboxylic acids is 2. The standard InChI is InChI=1S/C18H14ClNO2/c1-11-7-9-13(10-8-11)17(19)16-14-5-3-4-6-15(14)20(12(2)21)18(16)22/h3-10H,1-2H3. The topological polar surface area (TPSA) is 37.4 Å². The van der Waals surface area contributed by atoms with Gasteiger partial charge in [0.05, 0.1) is 16.3 Å². The molecule has 2 aromatic rings. The number of aryl methyl sites for hydroxylation is 1. The number of para-hydroxylation sites is 1. The highest BCUT2D eigenvalue weighted by Gasteiger charge is 2.36. The number of rotatable bonds is 1. The van der Waals surface area contributed by atoms with Gasteiger partial charge in [0.1, 0.15) is 0 Å². The summed E-state index contributed by atoms with van der Waals surface area (Å²) in [6, 6.07) is 14.8. The molecule has 0 saturated carbocycles. The van der Waals surface area contributed by atoms with Crippen LogP contribution in [0.2, 0.25) is 0 Å². The first-order valence-electron chi connectivity index (χ1n) is 6.92. The minimum absolute atomic E-state index is 0.319. The molecule has 0 N–H and O–H groups in total. The van der Waals surface area contributed by atoms with Crippen molar-refractivity contribution in [3.63, 3.8) is 0 Å². The first kappa shape index (κ1) is 14.5. The van der Waals surface area contributed by atoms with Crippen LogP contribution in [-0.2, 0) is 9.59 Å². The molecular weight excluding hydrogens is 298 g/mol. The van der Waals surface area contributed by atoms with Crippen molar-refractivity contribution in [3.05, 3.63) is 65.2 Å². The Labute approximate surface area is 133 Å². The number of imide groups is 1. The third-order valence-corrected chi connectivity index (χ3v) is 4.08. The molecule has 0 spiro atoms. The maximum Gasteiger partial charge on any atom is 0.267 e. The summed E-state index contributed by atoms with van der Waals surface area (Å²) in [5.74, 6) is -0.694. The second-order valence-corrected chi connectivity index (χ2v) is 5.61. The van der Waals surface area contributed by atoms with E-state index in [1.807, 2.05) is 43.3 Å². The largest absolute Gasteiger partial charge is 0.274 e. The lowest BCUT2D eigenvalue weighted by molar-refractivity contribution is -0.122. The van der Waals surface area contributed by atoms with Crippen LogP contribution in [0.5, 0.6) is 0 Å². The molecule has 0 unspecified atom stereocenters. The fourth-order valence-electron chi connectivity index (χ4n) is 2.59. The predicted molar refractivity (Wildman–Crippen MR) is 88.5 cm³/mol. The second kappa shape index (κ2) is 5.43. The number of hydrogen-bond acceptors (Lipinski definition) is 2. The van der Waals surface area contributed by atoms with Crippen molar-refractivity contribution in [2.45, 2.75) is 13.8 Å². The second-order valence-electron chi connectivity index (χ2n) is 5.23. The third kappa shape index (κ3) is 2.24. The summed E-state index contributed by atoms with van der Waals surface area (Å²) in [7, 11) is 0. The van der Waals surface area contributed by atoms with Gasteiger partial charge in [0, 0.05) is 12.5 Å². The van der Waals surface area contributed by atoms with Crippen LogP contribution in [0, 0.1) is 6.92 Å². The number of carbonyl (C=O) groups is 2. The number of anilines is 1. The van der Waals surface area contributed by atoms with E-state index < -0.39 is 0 Å². The van der Waals surface area contributed by atoms with E-state index in [0.717, 1.165) is 11.1 Å². The number of halogens is 1. The summed E-state index contributed by atoms with van der Waals surface area (Å²) in [4.78, 5) is 25.6. The average Bonchev–Trinajstić information content (AvgIpc) is 2.79. The van der Waals surface area contributed by atoms with Crippen LogP contribution >= 0.6 is 11.6 Å². The molecule has 22 heavy (non-hydrogen) atoms. The molecule has 0 aromatic heterocycles. The maximum atomic E-state index is 12.6. The molecule has 0 radical (unpaired) electrons. The Hall–Kier alpha value is -2.39. The number of hydrogen-bond donors (Lipinski definition) is 0. The van der Waals surface area contributed by atoms with Gasteiger partial charge in [-0.05, 0) is 18.6 Å². The van der Waals surface area contributed by atoms with Crippen molar-refractivity contribution >= 4 is 39.7 Å². The molecule has 110 valence electrons. The molecule has 1 aliphatic rings. The molecule has 1 aliphatic heterocycles. The summed E-state index contributed by atoms with van der Waals surface area (Å²) in [5, 5.41) is 0.362. The lowest BCUT2D eigenvalue weighted by Gasteiger charge is -2.11. The highest BCUT2D eigenvalue weighted by molar-refractivity contribution is 6.60. The summed E-state index contributed by atoms with van der Waals surface area (Å²) >= 11 is 6.48. The van der Waals surface area contributed by atoms with E-state index in [2.05, 4.69) is 0 Å². The average molecular weight is 312 g/mol. The normalized spacial score (nSPS) is 15.8. The number of nitrogens with zero attached hydrogens (tertiary/aromatic N) is 1. The Morgan fingerprint density at radius 3 is 2.32 bits per heavy atom. The van der Waals surface area contributed by atoms with Gasteiger partial charge in [-0.25, -0.2) is 4.90 Å². The van der Waals surface area contributed by atoms with E-state index in [1.165, 1.54) is 11.8 Å². The third-order valence-electron chi connectivity index (χ3n) is 3.67. The molecule has 3 rings (SSSR count). The quantitative estimate of drug-likeness (QED) is 0.747. The highest BCUT2D eigenvalue weighted by Crippen LogP contribution is 2.42. The molecule has 2 aromatic carbocycles. The van der Waals surface area contributed by atoms with Crippen LogP contribution in [0.25, 0.3) is 10.6 Å². The predicted octanol–water partition coefficient (Wildman–Crippen LogP) is 4.00. The van der Waals surface area contributed by atoms with Gasteiger partial charge in [0.2, 0.25) is 5.91 Å². The molecule has 1 heterocycles. The highest BCUT2D eigenvalue weighted by atomic mass is 35.5. The molecule has 4 heteroatoms. The Kier molecular flexibility index (Phi) is 3.59. The minimum Gasteiger partial charge on any atom is -0.274 e. The molecule has 3 nitrogen and oxygen atoms in total. The van der Waals surface area contributed by atoms with Gasteiger partial charge < -0.3 is 0 Å². The van der Waals surface area contributed by atoms with Gasteiger partial charge in [-0.3, -0.25) is 9.59 Å². The van der Waals surface area contributed by atoms with Crippen LogP contribution in [0.1, 0.15) is 23.6 Å². The lowest BCUT2D eigenvalue weighted by Crippen LogP contribution is -2.31. The van der Waals surface area contributed by atoms with Gasteiger partial charge in [0.15, 0.2) is 0 Å². The fourth-order valence-corrected chi connectivity index (χ4v) is 2.89. The van der Waals surface area contributed by atoms with E-state index in [9.17, 15) is 9.59 Å². The smallest absolute Gasteiger partial charge is 0.267 e. The summed E-state index contributed by atoms with van der Waals surface area (Å²) < 4.78 is 0. The van der Waals surface area contributed by atoms with E-state index in [4.69, 9.17) is 11.6 Å². The Morgan fingerprint density at radius 1 is 1.05 bits per heavy atom. The molecule has 0 atom stereocenters. The fraction of sp³-hybridized carbons (Fsp3) is 0.111. The molecule has 0 bridgehead atoms. The molecule has 2 amide bonds. The van der Waals surface area contributed by atoms with Crippen LogP contribution in [0.4, 0.5) is 5.69 Å². The van der Waals surface area contributed by atoms with Gasteiger partial charge in [-0.1, -0.05) is 59.6 Å². The van der Waals surface area contributed by atoms with Crippen molar-refractivity contribution in [2.75, 3.05) is 4.90 Å². The maximum absolute atomic E-state index is 12.6. The Bertz CT molecular complexity index is 806. The monoisotopic (exact) mass is 311 g/mol. The Morgan fingerprint density at radius 2 is 1.68 bits per heavy atom. The number of fused-ring (bicyclic) bond motifs is 1. The zero-order chi connectivity index (χ0) is 15.9.